The summed E-state index contributed by atoms with van der Waals surface area (Å²) in [5.74, 6) is -2.20. The van der Waals surface area contributed by atoms with Crippen LogP contribution >= 0.6 is 0 Å². The highest BCUT2D eigenvalue weighted by Gasteiger charge is 2.52. The summed E-state index contributed by atoms with van der Waals surface area (Å²) in [6.45, 7) is 5.94. The number of hydrogen-bond acceptors (Lipinski definition) is 5. The zero-order valence-corrected chi connectivity index (χ0v) is 17.0. The molecule has 1 aliphatic rings. The molecule has 0 saturated heterocycles. The molecular weight excluding hydrogens is 356 g/mol. The summed E-state index contributed by atoms with van der Waals surface area (Å²) < 4.78 is 0. The molecule has 1 aromatic rings. The number of unbranched alkanes of at least 4 members (excludes halogenated alkanes) is 5. The monoisotopic (exact) mass is 386 g/mol. The van der Waals surface area contributed by atoms with Crippen molar-refractivity contribution in [1.29, 1.82) is 0 Å². The number of nitrogens with zero attached hydrogens (tertiary/aromatic N) is 1. The van der Waals surface area contributed by atoms with Crippen LogP contribution in [0.15, 0.2) is 35.5 Å². The average Bonchev–Trinajstić information content (AvgIpc) is 3.01. The van der Waals surface area contributed by atoms with Gasteiger partial charge in [0.1, 0.15) is 0 Å². The van der Waals surface area contributed by atoms with E-state index in [1.54, 1.807) is 30.3 Å². The van der Waals surface area contributed by atoms with E-state index in [4.69, 9.17) is 4.84 Å². The lowest BCUT2D eigenvalue weighted by Crippen LogP contribution is -2.60. The molecule has 0 bridgehead atoms. The Morgan fingerprint density at radius 2 is 1.71 bits per heavy atom. The van der Waals surface area contributed by atoms with Gasteiger partial charge in [-0.15, -0.1) is 0 Å². The van der Waals surface area contributed by atoms with Gasteiger partial charge < -0.3 is 10.2 Å². The van der Waals surface area contributed by atoms with Gasteiger partial charge in [-0.3, -0.25) is 9.59 Å². The second kappa shape index (κ2) is 10.2. The number of rotatable bonds is 11. The molecule has 6 heteroatoms. The van der Waals surface area contributed by atoms with E-state index in [1.165, 1.54) is 6.42 Å². The van der Waals surface area contributed by atoms with Crippen LogP contribution in [-0.4, -0.2) is 28.9 Å². The topological polar surface area (TPSA) is 84.8 Å². The van der Waals surface area contributed by atoms with Crippen molar-refractivity contribution in [3.05, 3.63) is 35.9 Å². The highest BCUT2D eigenvalue weighted by Crippen LogP contribution is 2.29. The Morgan fingerprint density at radius 1 is 1.07 bits per heavy atom. The van der Waals surface area contributed by atoms with Crippen LogP contribution in [0, 0.1) is 5.92 Å². The summed E-state index contributed by atoms with van der Waals surface area (Å²) in [7, 11) is 0. The Balaban J connectivity index is 2.14. The minimum atomic E-state index is -1.36. The summed E-state index contributed by atoms with van der Waals surface area (Å²) in [5, 5.41) is 6.60. The number of benzene rings is 1. The van der Waals surface area contributed by atoms with Gasteiger partial charge in [0.05, 0.1) is 5.71 Å². The molecule has 1 heterocycles. The number of oxime groups is 1. The number of Topliss-reactive ketones (excluding diaryl/α,β-unsaturated/α-hetero) is 1. The Labute approximate surface area is 166 Å². The first kappa shape index (κ1) is 21.8. The van der Waals surface area contributed by atoms with Crippen LogP contribution in [0.4, 0.5) is 0 Å². The molecule has 1 N–H and O–H groups in total. The second-order valence-electron chi connectivity index (χ2n) is 7.58. The van der Waals surface area contributed by atoms with Crippen molar-refractivity contribution < 1.29 is 19.2 Å². The van der Waals surface area contributed by atoms with Crippen LogP contribution in [0.3, 0.4) is 0 Å². The molecule has 1 unspecified atom stereocenters. The minimum absolute atomic E-state index is 0.0985. The maximum absolute atomic E-state index is 12.7. The standard InChI is InChI=1S/C22H30N2O4/c1-4-5-6-7-8-12-15-22(19(16(2)3)24-28-21(22)27)23-20(26)18(25)17-13-10-9-11-14-17/h9-11,13-14,16H,4-8,12,15H2,1-3H3,(H,23,26). The predicted octanol–water partition coefficient (Wildman–Crippen LogP) is 4.04. The van der Waals surface area contributed by atoms with Crippen LogP contribution in [0.1, 0.15) is 76.1 Å². The van der Waals surface area contributed by atoms with Gasteiger partial charge in [-0.25, -0.2) is 4.79 Å². The molecule has 1 atom stereocenters. The van der Waals surface area contributed by atoms with Crippen LogP contribution < -0.4 is 5.32 Å². The van der Waals surface area contributed by atoms with Gasteiger partial charge in [0.25, 0.3) is 5.91 Å². The third-order valence-electron chi connectivity index (χ3n) is 5.03. The van der Waals surface area contributed by atoms with E-state index in [0.29, 0.717) is 12.1 Å². The van der Waals surface area contributed by atoms with Crippen molar-refractivity contribution in [1.82, 2.24) is 5.32 Å². The zero-order chi connectivity index (χ0) is 20.6. The summed E-state index contributed by atoms with van der Waals surface area (Å²) in [6, 6.07) is 8.31. The third kappa shape index (κ3) is 5.06. The molecule has 6 nitrogen and oxygen atoms in total. The van der Waals surface area contributed by atoms with E-state index in [9.17, 15) is 14.4 Å². The maximum Gasteiger partial charge on any atom is 0.366 e. The Morgan fingerprint density at radius 3 is 2.36 bits per heavy atom. The maximum atomic E-state index is 12.7. The van der Waals surface area contributed by atoms with Crippen molar-refractivity contribution in [2.75, 3.05) is 0 Å². The molecule has 1 aromatic carbocycles. The normalized spacial score (nSPS) is 18.7. The summed E-state index contributed by atoms with van der Waals surface area (Å²) >= 11 is 0. The fourth-order valence-electron chi connectivity index (χ4n) is 3.50. The van der Waals surface area contributed by atoms with Crippen LogP contribution in [0.2, 0.25) is 0 Å². The molecule has 0 radical (unpaired) electrons. The van der Waals surface area contributed by atoms with Gasteiger partial charge in [0, 0.05) is 5.56 Å². The van der Waals surface area contributed by atoms with E-state index in [2.05, 4.69) is 17.4 Å². The van der Waals surface area contributed by atoms with Crippen molar-refractivity contribution in [2.24, 2.45) is 11.1 Å². The molecule has 0 spiro atoms. The lowest BCUT2D eigenvalue weighted by Gasteiger charge is -2.29. The molecule has 1 aliphatic heterocycles. The van der Waals surface area contributed by atoms with Crippen LogP contribution in [0.5, 0.6) is 0 Å². The highest BCUT2D eigenvalue weighted by molar-refractivity contribution is 6.44. The van der Waals surface area contributed by atoms with E-state index in [1.807, 2.05) is 13.8 Å². The van der Waals surface area contributed by atoms with Crippen molar-refractivity contribution in [3.8, 4) is 0 Å². The largest absolute Gasteiger partial charge is 0.366 e. The minimum Gasteiger partial charge on any atom is -0.328 e. The molecule has 28 heavy (non-hydrogen) atoms. The first-order valence-corrected chi connectivity index (χ1v) is 10.1. The lowest BCUT2D eigenvalue weighted by molar-refractivity contribution is -0.147. The van der Waals surface area contributed by atoms with E-state index in [0.717, 1.165) is 32.1 Å². The SMILES string of the molecule is CCCCCCCCC1(NC(=O)C(=O)c2ccccc2)C(=O)ON=C1C(C)C. The zero-order valence-electron chi connectivity index (χ0n) is 17.0. The average molecular weight is 386 g/mol. The Kier molecular flexibility index (Phi) is 7.91. The molecule has 152 valence electrons. The number of ketones is 1. The summed E-state index contributed by atoms with van der Waals surface area (Å²) in [4.78, 5) is 42.7. The first-order chi connectivity index (χ1) is 13.4. The van der Waals surface area contributed by atoms with Crippen LogP contribution in [0.25, 0.3) is 0 Å². The molecule has 0 aromatic heterocycles. The van der Waals surface area contributed by atoms with Gasteiger partial charge in [-0.05, 0) is 12.3 Å². The van der Waals surface area contributed by atoms with Crippen LogP contribution in [-0.2, 0) is 14.4 Å². The molecule has 0 saturated carbocycles. The predicted molar refractivity (Wildman–Crippen MR) is 108 cm³/mol. The first-order valence-electron chi connectivity index (χ1n) is 10.1. The number of carbonyl (C=O) groups is 3. The van der Waals surface area contributed by atoms with Crippen molar-refractivity contribution in [3.63, 3.8) is 0 Å². The fourth-order valence-corrected chi connectivity index (χ4v) is 3.50. The second-order valence-corrected chi connectivity index (χ2v) is 7.58. The van der Waals surface area contributed by atoms with Crippen molar-refractivity contribution >= 4 is 23.4 Å². The molecule has 2 rings (SSSR count). The van der Waals surface area contributed by atoms with Gasteiger partial charge in [0.2, 0.25) is 5.78 Å². The van der Waals surface area contributed by atoms with E-state index < -0.39 is 23.2 Å². The molecule has 0 aliphatic carbocycles. The highest BCUT2D eigenvalue weighted by atomic mass is 16.7. The third-order valence-corrected chi connectivity index (χ3v) is 5.03. The van der Waals surface area contributed by atoms with Crippen molar-refractivity contribution in [2.45, 2.75) is 71.3 Å². The van der Waals surface area contributed by atoms with E-state index >= 15 is 0 Å². The number of amides is 1. The van der Waals surface area contributed by atoms with Gasteiger partial charge in [-0.1, -0.05) is 94.8 Å². The molecule has 1 amide bonds. The quantitative estimate of drug-likeness (QED) is 0.269. The molecular formula is C22H30N2O4. The van der Waals surface area contributed by atoms with Gasteiger partial charge in [-0.2, -0.15) is 0 Å². The van der Waals surface area contributed by atoms with E-state index in [-0.39, 0.29) is 11.5 Å². The van der Waals surface area contributed by atoms with Gasteiger partial charge >= 0.3 is 5.97 Å². The number of carbonyl (C=O) groups excluding carboxylic acids is 3. The molecule has 0 fully saturated rings. The lowest BCUT2D eigenvalue weighted by atomic mass is 9.82. The van der Waals surface area contributed by atoms with Gasteiger partial charge in [0.15, 0.2) is 5.54 Å². The summed E-state index contributed by atoms with van der Waals surface area (Å²) in [5.41, 5.74) is -0.607. The summed E-state index contributed by atoms with van der Waals surface area (Å²) in [6.07, 6.45) is 6.64. The Bertz CT molecular complexity index is 727. The number of hydrogen-bond donors (Lipinski definition) is 1. The fraction of sp³-hybridized carbons (Fsp3) is 0.545. The Hall–Kier alpha value is -2.50. The smallest absolute Gasteiger partial charge is 0.328 e. The number of nitrogens with one attached hydrogen (secondary N) is 1.